The van der Waals surface area contributed by atoms with Crippen molar-refractivity contribution in [2.75, 3.05) is 7.11 Å². The van der Waals surface area contributed by atoms with Crippen LogP contribution in [0.2, 0.25) is 5.02 Å². The molecular weight excluding hydrogens is 326 g/mol. The highest BCUT2D eigenvalue weighted by atomic mass is 35.5. The van der Waals surface area contributed by atoms with E-state index in [1.54, 1.807) is 18.2 Å². The van der Waals surface area contributed by atoms with Gasteiger partial charge in [-0.25, -0.2) is 8.42 Å². The first-order valence-electron chi connectivity index (χ1n) is 6.93. The quantitative estimate of drug-likeness (QED) is 0.831. The maximum atomic E-state index is 12.4. The molecule has 1 aliphatic heterocycles. The van der Waals surface area contributed by atoms with Crippen molar-refractivity contribution < 1.29 is 13.2 Å². The smallest absolute Gasteiger partial charge is 0.161 e. The number of hydrogen-bond donors (Lipinski definition) is 0. The molecule has 6 nitrogen and oxygen atoms in total. The number of rotatable bonds is 5. The molecule has 8 heteroatoms. The van der Waals surface area contributed by atoms with Gasteiger partial charge in [-0.05, 0) is 18.1 Å². The molecule has 1 aromatic heterocycles. The van der Waals surface area contributed by atoms with Gasteiger partial charge in [0.15, 0.2) is 9.84 Å². The Kier molecular flexibility index (Phi) is 4.10. The molecule has 2 aromatic rings. The van der Waals surface area contributed by atoms with Crippen molar-refractivity contribution >= 4 is 21.4 Å². The van der Waals surface area contributed by atoms with E-state index >= 15 is 0 Å². The monoisotopic (exact) mass is 341 g/mol. The van der Waals surface area contributed by atoms with Crippen LogP contribution in [0, 0.1) is 0 Å². The van der Waals surface area contributed by atoms with E-state index in [-0.39, 0.29) is 11.5 Å². The summed E-state index contributed by atoms with van der Waals surface area (Å²) in [6.07, 6.45) is 1.84. The first kappa shape index (κ1) is 15.3. The largest absolute Gasteiger partial charge is 0.495 e. The van der Waals surface area contributed by atoms with Crippen LogP contribution in [0.1, 0.15) is 23.6 Å². The van der Waals surface area contributed by atoms with Crippen molar-refractivity contribution in [3.05, 3.63) is 40.4 Å². The van der Waals surface area contributed by atoms with Crippen molar-refractivity contribution in [2.24, 2.45) is 0 Å². The number of aromatic nitrogens is 3. The summed E-state index contributed by atoms with van der Waals surface area (Å²) in [4.78, 5) is 0. The lowest BCUT2D eigenvalue weighted by Crippen LogP contribution is -2.12. The van der Waals surface area contributed by atoms with Crippen LogP contribution < -0.4 is 4.74 Å². The SMILES string of the molecule is COc1cccc(CS(=O)(=O)Cc2nnc3n2CCC3)c1Cl. The fraction of sp³-hybridized carbons (Fsp3) is 0.429. The summed E-state index contributed by atoms with van der Waals surface area (Å²) in [5.74, 6) is 1.56. The number of hydrogen-bond acceptors (Lipinski definition) is 5. The highest BCUT2D eigenvalue weighted by molar-refractivity contribution is 7.89. The number of methoxy groups -OCH3 is 1. The predicted octanol–water partition coefficient (Wildman–Crippen LogP) is 2.00. The van der Waals surface area contributed by atoms with Gasteiger partial charge in [0.2, 0.25) is 0 Å². The van der Waals surface area contributed by atoms with E-state index in [1.807, 2.05) is 4.57 Å². The number of nitrogens with zero attached hydrogens (tertiary/aromatic N) is 3. The number of sulfone groups is 1. The van der Waals surface area contributed by atoms with Gasteiger partial charge in [0.25, 0.3) is 0 Å². The van der Waals surface area contributed by atoms with Gasteiger partial charge in [0, 0.05) is 13.0 Å². The Balaban J connectivity index is 1.82. The van der Waals surface area contributed by atoms with Gasteiger partial charge >= 0.3 is 0 Å². The molecule has 0 amide bonds. The highest BCUT2D eigenvalue weighted by Crippen LogP contribution is 2.29. The van der Waals surface area contributed by atoms with E-state index < -0.39 is 9.84 Å². The van der Waals surface area contributed by atoms with Crippen LogP contribution >= 0.6 is 11.6 Å². The molecule has 1 aromatic carbocycles. The molecule has 2 heterocycles. The van der Waals surface area contributed by atoms with Gasteiger partial charge in [-0.1, -0.05) is 23.7 Å². The van der Waals surface area contributed by atoms with Crippen LogP contribution in [0.3, 0.4) is 0 Å². The first-order valence-corrected chi connectivity index (χ1v) is 9.13. The second kappa shape index (κ2) is 5.89. The average molecular weight is 342 g/mol. The van der Waals surface area contributed by atoms with E-state index in [1.165, 1.54) is 7.11 Å². The lowest BCUT2D eigenvalue weighted by atomic mass is 10.2. The molecule has 0 unspecified atom stereocenters. The molecule has 118 valence electrons. The molecule has 0 atom stereocenters. The van der Waals surface area contributed by atoms with Crippen LogP contribution in [0.25, 0.3) is 0 Å². The van der Waals surface area contributed by atoms with Crippen LogP contribution in [-0.4, -0.2) is 30.3 Å². The zero-order chi connectivity index (χ0) is 15.7. The Morgan fingerprint density at radius 1 is 1.32 bits per heavy atom. The van der Waals surface area contributed by atoms with Gasteiger partial charge in [-0.2, -0.15) is 0 Å². The van der Waals surface area contributed by atoms with E-state index in [9.17, 15) is 8.42 Å². The molecule has 0 fully saturated rings. The molecule has 0 radical (unpaired) electrons. The molecule has 0 aliphatic carbocycles. The Bertz CT molecular complexity index is 802. The van der Waals surface area contributed by atoms with Crippen LogP contribution in [0.5, 0.6) is 5.75 Å². The maximum absolute atomic E-state index is 12.4. The fourth-order valence-corrected chi connectivity index (χ4v) is 4.40. The molecule has 1 aliphatic rings. The molecular formula is C14H16ClN3O3S. The second-order valence-corrected chi connectivity index (χ2v) is 7.70. The molecule has 0 N–H and O–H groups in total. The molecule has 0 saturated heterocycles. The maximum Gasteiger partial charge on any atom is 0.161 e. The summed E-state index contributed by atoms with van der Waals surface area (Å²) >= 11 is 6.17. The minimum atomic E-state index is -3.39. The van der Waals surface area contributed by atoms with E-state index in [0.717, 1.165) is 25.2 Å². The Labute approximate surface area is 134 Å². The first-order chi connectivity index (χ1) is 10.5. The number of fused-ring (bicyclic) bond motifs is 1. The zero-order valence-electron chi connectivity index (χ0n) is 12.1. The lowest BCUT2D eigenvalue weighted by molar-refractivity contribution is 0.414. The number of aryl methyl sites for hydroxylation is 1. The summed E-state index contributed by atoms with van der Waals surface area (Å²) < 4.78 is 31.9. The fourth-order valence-electron chi connectivity index (χ4n) is 2.63. The van der Waals surface area contributed by atoms with Gasteiger partial charge in [0.05, 0.1) is 17.9 Å². The standard InChI is InChI=1S/C14H16ClN3O3S/c1-21-11-5-2-4-10(14(11)15)8-22(19,20)9-13-17-16-12-6-3-7-18(12)13/h2,4-5H,3,6-9H2,1H3. The minimum absolute atomic E-state index is 0.131. The Hall–Kier alpha value is -1.60. The third kappa shape index (κ3) is 2.96. The topological polar surface area (TPSA) is 74.1 Å². The van der Waals surface area contributed by atoms with Crippen molar-refractivity contribution in [1.29, 1.82) is 0 Å². The highest BCUT2D eigenvalue weighted by Gasteiger charge is 2.23. The van der Waals surface area contributed by atoms with Crippen molar-refractivity contribution in [2.45, 2.75) is 30.9 Å². The van der Waals surface area contributed by atoms with Gasteiger partial charge in [-0.15, -0.1) is 10.2 Å². The molecule has 0 spiro atoms. The van der Waals surface area contributed by atoms with Crippen molar-refractivity contribution in [1.82, 2.24) is 14.8 Å². The molecule has 0 saturated carbocycles. The predicted molar refractivity (Wildman–Crippen MR) is 82.7 cm³/mol. The third-order valence-electron chi connectivity index (χ3n) is 3.67. The van der Waals surface area contributed by atoms with Crippen LogP contribution in [0.15, 0.2) is 18.2 Å². The van der Waals surface area contributed by atoms with Gasteiger partial charge < -0.3 is 9.30 Å². The summed E-state index contributed by atoms with van der Waals surface area (Å²) in [6.45, 7) is 0.785. The van der Waals surface area contributed by atoms with Crippen molar-refractivity contribution in [3.63, 3.8) is 0 Å². The number of ether oxygens (including phenoxy) is 1. The van der Waals surface area contributed by atoms with Gasteiger partial charge in [-0.3, -0.25) is 0 Å². The summed E-state index contributed by atoms with van der Waals surface area (Å²) in [6, 6.07) is 5.12. The molecule has 0 bridgehead atoms. The minimum Gasteiger partial charge on any atom is -0.495 e. The Morgan fingerprint density at radius 2 is 2.14 bits per heavy atom. The van der Waals surface area contributed by atoms with Gasteiger partial charge in [0.1, 0.15) is 23.2 Å². The third-order valence-corrected chi connectivity index (χ3v) is 5.55. The second-order valence-electron chi connectivity index (χ2n) is 5.25. The van der Waals surface area contributed by atoms with E-state index in [4.69, 9.17) is 16.3 Å². The summed E-state index contributed by atoms with van der Waals surface area (Å²) in [5.41, 5.74) is 0.530. The number of halogens is 1. The molecule has 3 rings (SSSR count). The van der Waals surface area contributed by atoms with E-state index in [2.05, 4.69) is 10.2 Å². The lowest BCUT2D eigenvalue weighted by Gasteiger charge is -2.09. The van der Waals surface area contributed by atoms with E-state index in [0.29, 0.717) is 22.2 Å². The van der Waals surface area contributed by atoms with Crippen molar-refractivity contribution in [3.8, 4) is 5.75 Å². The van der Waals surface area contributed by atoms with Crippen LogP contribution in [0.4, 0.5) is 0 Å². The molecule has 22 heavy (non-hydrogen) atoms. The summed E-state index contributed by atoms with van der Waals surface area (Å²) in [5, 5.41) is 8.37. The zero-order valence-corrected chi connectivity index (χ0v) is 13.7. The average Bonchev–Trinajstić information content (AvgIpc) is 3.06. The number of benzene rings is 1. The summed E-state index contributed by atoms with van der Waals surface area (Å²) in [7, 11) is -1.89. The Morgan fingerprint density at radius 3 is 2.91 bits per heavy atom. The normalized spacial score (nSPS) is 14.1. The van der Waals surface area contributed by atoms with Crippen LogP contribution in [-0.2, 0) is 34.3 Å².